The minimum Gasteiger partial charge on any atom is -0.507 e. The molecule has 0 aliphatic heterocycles. The number of para-hydroxylation sites is 1. The number of hydrogen-bond donors (Lipinski definition) is 2. The average molecular weight is 205 g/mol. The maximum absolute atomic E-state index is 11.5. The van der Waals surface area contributed by atoms with E-state index in [0.717, 1.165) is 0 Å². The lowest BCUT2D eigenvalue weighted by Crippen LogP contribution is -2.16. The van der Waals surface area contributed by atoms with Crippen LogP contribution in [0.1, 0.15) is 18.5 Å². The highest BCUT2D eigenvalue weighted by atomic mass is 16.4. The van der Waals surface area contributed by atoms with Gasteiger partial charge in [0, 0.05) is 6.04 Å². The van der Waals surface area contributed by atoms with Gasteiger partial charge in [0.05, 0.1) is 10.9 Å². The topological polar surface area (TPSA) is 76.5 Å². The second kappa shape index (κ2) is 3.40. The number of benzene rings is 1. The van der Waals surface area contributed by atoms with Crippen LogP contribution < -0.4 is 11.4 Å². The third-order valence-corrected chi connectivity index (χ3v) is 2.28. The van der Waals surface area contributed by atoms with Crippen molar-refractivity contribution in [3.8, 4) is 5.75 Å². The van der Waals surface area contributed by atoms with Gasteiger partial charge in [-0.25, -0.2) is 4.79 Å². The van der Waals surface area contributed by atoms with E-state index in [2.05, 4.69) is 0 Å². The molecule has 1 atom stereocenters. The Morgan fingerprint density at radius 2 is 2.07 bits per heavy atom. The predicted molar refractivity (Wildman–Crippen MR) is 56.8 cm³/mol. The lowest BCUT2D eigenvalue weighted by Gasteiger charge is -2.08. The molecule has 2 rings (SSSR count). The lowest BCUT2D eigenvalue weighted by atomic mass is 10.1. The van der Waals surface area contributed by atoms with Crippen molar-refractivity contribution in [3.63, 3.8) is 0 Å². The minimum absolute atomic E-state index is 0.0862. The third kappa shape index (κ3) is 1.49. The van der Waals surface area contributed by atoms with E-state index >= 15 is 0 Å². The van der Waals surface area contributed by atoms with Crippen molar-refractivity contribution in [1.82, 2.24) is 0 Å². The monoisotopic (exact) mass is 205 g/mol. The first kappa shape index (κ1) is 9.73. The van der Waals surface area contributed by atoms with Crippen LogP contribution in [0.25, 0.3) is 11.0 Å². The average Bonchev–Trinajstić information content (AvgIpc) is 2.17. The molecule has 4 heteroatoms. The second-order valence-electron chi connectivity index (χ2n) is 3.44. The zero-order valence-corrected chi connectivity index (χ0v) is 8.23. The highest BCUT2D eigenvalue weighted by Gasteiger charge is 2.16. The Labute approximate surface area is 85.9 Å². The van der Waals surface area contributed by atoms with Gasteiger partial charge in [-0.3, -0.25) is 0 Å². The molecule has 0 saturated carbocycles. The van der Waals surface area contributed by atoms with Crippen molar-refractivity contribution in [3.05, 3.63) is 40.2 Å². The van der Waals surface area contributed by atoms with Gasteiger partial charge in [-0.2, -0.15) is 0 Å². The summed E-state index contributed by atoms with van der Waals surface area (Å²) in [6.45, 7) is 1.63. The van der Waals surface area contributed by atoms with Crippen LogP contribution in [0, 0.1) is 0 Å². The van der Waals surface area contributed by atoms with Crippen LogP contribution in [0.2, 0.25) is 0 Å². The Balaban J connectivity index is 2.90. The molecule has 0 radical (unpaired) electrons. The van der Waals surface area contributed by atoms with Crippen LogP contribution in [-0.4, -0.2) is 5.11 Å². The first-order valence-corrected chi connectivity index (χ1v) is 4.61. The molecule has 0 amide bonds. The summed E-state index contributed by atoms with van der Waals surface area (Å²) in [4.78, 5) is 11.5. The summed E-state index contributed by atoms with van der Waals surface area (Å²) >= 11 is 0. The van der Waals surface area contributed by atoms with Crippen LogP contribution in [0.4, 0.5) is 0 Å². The highest BCUT2D eigenvalue weighted by Crippen LogP contribution is 2.28. The fourth-order valence-electron chi connectivity index (χ4n) is 1.55. The third-order valence-electron chi connectivity index (χ3n) is 2.28. The molecule has 1 unspecified atom stereocenters. The van der Waals surface area contributed by atoms with E-state index in [4.69, 9.17) is 10.2 Å². The molecule has 1 aromatic carbocycles. The van der Waals surface area contributed by atoms with Gasteiger partial charge >= 0.3 is 5.63 Å². The number of fused-ring (bicyclic) bond motifs is 1. The van der Waals surface area contributed by atoms with E-state index in [9.17, 15) is 9.90 Å². The van der Waals surface area contributed by atoms with Crippen molar-refractivity contribution < 1.29 is 9.52 Å². The summed E-state index contributed by atoms with van der Waals surface area (Å²) in [5, 5.41) is 10.4. The highest BCUT2D eigenvalue weighted by molar-refractivity contribution is 5.84. The van der Waals surface area contributed by atoms with E-state index in [1.807, 2.05) is 0 Å². The first-order chi connectivity index (χ1) is 7.11. The molecule has 0 fully saturated rings. The van der Waals surface area contributed by atoms with Gasteiger partial charge in [0.2, 0.25) is 0 Å². The molecule has 4 nitrogen and oxygen atoms in total. The summed E-state index contributed by atoms with van der Waals surface area (Å²) in [5.41, 5.74) is 5.49. The van der Waals surface area contributed by atoms with Crippen molar-refractivity contribution in [2.45, 2.75) is 13.0 Å². The van der Waals surface area contributed by atoms with E-state index in [1.54, 1.807) is 31.2 Å². The smallest absolute Gasteiger partial charge is 0.344 e. The first-order valence-electron chi connectivity index (χ1n) is 4.61. The molecule has 1 aromatic heterocycles. The van der Waals surface area contributed by atoms with Crippen LogP contribution >= 0.6 is 0 Å². The van der Waals surface area contributed by atoms with Crippen molar-refractivity contribution in [2.75, 3.05) is 0 Å². The van der Waals surface area contributed by atoms with E-state index in [-0.39, 0.29) is 11.3 Å². The van der Waals surface area contributed by atoms with Crippen molar-refractivity contribution in [2.24, 2.45) is 5.73 Å². The van der Waals surface area contributed by atoms with E-state index < -0.39 is 11.7 Å². The number of hydrogen-bond acceptors (Lipinski definition) is 4. The molecule has 0 spiro atoms. The number of nitrogens with two attached hydrogens (primary N) is 1. The molecule has 0 aliphatic rings. The molecular weight excluding hydrogens is 194 g/mol. The van der Waals surface area contributed by atoms with Crippen molar-refractivity contribution >= 4 is 11.0 Å². The maximum atomic E-state index is 11.5. The largest absolute Gasteiger partial charge is 0.507 e. The SMILES string of the molecule is CC(N)c1c(O)c2ccccc2oc1=O. The molecule has 15 heavy (non-hydrogen) atoms. The molecule has 1 heterocycles. The molecule has 0 bridgehead atoms. The van der Waals surface area contributed by atoms with Gasteiger partial charge in [0.1, 0.15) is 11.3 Å². The molecule has 0 saturated heterocycles. The summed E-state index contributed by atoms with van der Waals surface area (Å²) in [6.07, 6.45) is 0. The van der Waals surface area contributed by atoms with Gasteiger partial charge in [0.25, 0.3) is 0 Å². The Morgan fingerprint density at radius 1 is 1.40 bits per heavy atom. The quantitative estimate of drug-likeness (QED) is 0.692. The fraction of sp³-hybridized carbons (Fsp3) is 0.182. The Hall–Kier alpha value is -1.81. The van der Waals surface area contributed by atoms with Gasteiger partial charge in [0.15, 0.2) is 0 Å². The Kier molecular flexibility index (Phi) is 2.21. The zero-order chi connectivity index (χ0) is 11.0. The van der Waals surface area contributed by atoms with Crippen LogP contribution in [0.15, 0.2) is 33.5 Å². The van der Waals surface area contributed by atoms with Gasteiger partial charge in [-0.1, -0.05) is 12.1 Å². The van der Waals surface area contributed by atoms with Crippen LogP contribution in [-0.2, 0) is 0 Å². The summed E-state index contributed by atoms with van der Waals surface area (Å²) in [7, 11) is 0. The summed E-state index contributed by atoms with van der Waals surface area (Å²) in [5.74, 6) is -0.0862. The predicted octanol–water partition coefficient (Wildman–Crippen LogP) is 1.52. The maximum Gasteiger partial charge on any atom is 0.344 e. The van der Waals surface area contributed by atoms with Crippen molar-refractivity contribution in [1.29, 1.82) is 0 Å². The van der Waals surface area contributed by atoms with E-state index in [0.29, 0.717) is 11.0 Å². The fourth-order valence-corrected chi connectivity index (χ4v) is 1.55. The zero-order valence-electron chi connectivity index (χ0n) is 8.23. The van der Waals surface area contributed by atoms with Gasteiger partial charge in [-0.15, -0.1) is 0 Å². The van der Waals surface area contributed by atoms with Crippen LogP contribution in [0.5, 0.6) is 5.75 Å². The molecule has 0 aliphatic carbocycles. The second-order valence-corrected chi connectivity index (χ2v) is 3.44. The number of aromatic hydroxyl groups is 1. The molecule has 3 N–H and O–H groups in total. The Morgan fingerprint density at radius 3 is 2.73 bits per heavy atom. The Bertz CT molecular complexity index is 557. The van der Waals surface area contributed by atoms with Gasteiger partial charge < -0.3 is 15.3 Å². The molecular formula is C11H11NO3. The van der Waals surface area contributed by atoms with Crippen LogP contribution in [0.3, 0.4) is 0 Å². The summed E-state index contributed by atoms with van der Waals surface area (Å²) < 4.78 is 5.04. The lowest BCUT2D eigenvalue weighted by molar-refractivity contribution is 0.450. The van der Waals surface area contributed by atoms with E-state index in [1.165, 1.54) is 0 Å². The molecule has 2 aromatic rings. The molecule has 78 valence electrons. The van der Waals surface area contributed by atoms with Gasteiger partial charge in [-0.05, 0) is 19.1 Å². The minimum atomic E-state index is -0.582. The number of rotatable bonds is 1. The standard InChI is InChI=1S/C11H11NO3/c1-6(12)9-10(13)7-4-2-3-5-8(7)15-11(9)14/h2-6,13H,12H2,1H3. The normalized spacial score (nSPS) is 12.9. The summed E-state index contributed by atoms with van der Waals surface area (Å²) in [6, 6.07) is 6.25.